The van der Waals surface area contributed by atoms with Crippen LogP contribution in [0.1, 0.15) is 31.4 Å². The number of urea groups is 1. The Morgan fingerprint density at radius 1 is 1.06 bits per heavy atom. The molecule has 31 heavy (non-hydrogen) atoms. The van der Waals surface area contributed by atoms with Crippen molar-refractivity contribution in [2.75, 3.05) is 26.7 Å². The lowest BCUT2D eigenvalue weighted by Gasteiger charge is -2.18. The minimum atomic E-state index is -0.227. The van der Waals surface area contributed by atoms with E-state index in [-0.39, 0.29) is 30.5 Å². The molecule has 0 atom stereocenters. The highest BCUT2D eigenvalue weighted by atomic mass is 16.5. The molecule has 3 amide bonds. The zero-order valence-corrected chi connectivity index (χ0v) is 18.4. The predicted molar refractivity (Wildman–Crippen MR) is 119 cm³/mol. The first-order valence-electron chi connectivity index (χ1n) is 10.6. The predicted octanol–water partition coefficient (Wildman–Crippen LogP) is 3.13. The number of hydrogen-bond acceptors (Lipinski definition) is 4. The van der Waals surface area contributed by atoms with Crippen LogP contribution in [0.25, 0.3) is 0 Å². The maximum Gasteiger partial charge on any atom is 0.317 e. The van der Waals surface area contributed by atoms with Crippen LogP contribution in [0.3, 0.4) is 0 Å². The summed E-state index contributed by atoms with van der Waals surface area (Å²) >= 11 is 0. The fourth-order valence-electron chi connectivity index (χ4n) is 3.49. The topological polar surface area (TPSA) is 79.9 Å². The van der Waals surface area contributed by atoms with E-state index in [1.807, 2.05) is 48.5 Å². The first kappa shape index (κ1) is 22.5. The van der Waals surface area contributed by atoms with Crippen LogP contribution in [0.2, 0.25) is 0 Å². The standard InChI is InChI=1S/C24H31N3O4/c1-24(2)16-19-10-7-11-20(22(19)31-24)30-15-14-25-21(28)12-13-26-23(29)27(3)17-18-8-5-4-6-9-18/h4-11H,12-17H2,1-3H3,(H,25,28)(H,26,29). The van der Waals surface area contributed by atoms with Crippen molar-refractivity contribution in [1.29, 1.82) is 0 Å². The molecule has 2 aromatic rings. The third-order valence-electron chi connectivity index (χ3n) is 4.97. The summed E-state index contributed by atoms with van der Waals surface area (Å²) in [4.78, 5) is 25.7. The molecule has 1 aliphatic rings. The number of hydrogen-bond donors (Lipinski definition) is 2. The Bertz CT molecular complexity index is 899. The molecule has 3 rings (SSSR count). The Balaban J connectivity index is 1.31. The van der Waals surface area contributed by atoms with Crippen molar-refractivity contribution in [2.45, 2.75) is 38.8 Å². The van der Waals surface area contributed by atoms with E-state index < -0.39 is 0 Å². The highest BCUT2D eigenvalue weighted by Gasteiger charge is 2.32. The van der Waals surface area contributed by atoms with Gasteiger partial charge in [0.1, 0.15) is 12.2 Å². The molecule has 2 aromatic carbocycles. The third-order valence-corrected chi connectivity index (χ3v) is 4.97. The van der Waals surface area contributed by atoms with Gasteiger partial charge in [0.15, 0.2) is 11.5 Å². The molecule has 7 heteroatoms. The van der Waals surface area contributed by atoms with Crippen LogP contribution in [0.5, 0.6) is 11.5 Å². The van der Waals surface area contributed by atoms with Crippen molar-refractivity contribution in [1.82, 2.24) is 15.5 Å². The third kappa shape index (κ3) is 6.64. The van der Waals surface area contributed by atoms with Gasteiger partial charge in [0.05, 0.1) is 6.54 Å². The molecule has 0 fully saturated rings. The molecule has 0 saturated carbocycles. The molecule has 0 aliphatic carbocycles. The van der Waals surface area contributed by atoms with Crippen molar-refractivity contribution >= 4 is 11.9 Å². The average molecular weight is 426 g/mol. The highest BCUT2D eigenvalue weighted by Crippen LogP contribution is 2.41. The summed E-state index contributed by atoms with van der Waals surface area (Å²) in [5.41, 5.74) is 1.96. The van der Waals surface area contributed by atoms with E-state index >= 15 is 0 Å². The highest BCUT2D eigenvalue weighted by molar-refractivity contribution is 5.78. The SMILES string of the molecule is CN(Cc1ccccc1)C(=O)NCCC(=O)NCCOc1cccc2c1OC(C)(C)C2. The van der Waals surface area contributed by atoms with Gasteiger partial charge in [-0.2, -0.15) is 0 Å². The van der Waals surface area contributed by atoms with Gasteiger partial charge in [0, 0.05) is 38.5 Å². The minimum absolute atomic E-state index is 0.134. The van der Waals surface area contributed by atoms with Gasteiger partial charge < -0.3 is 25.0 Å². The molecule has 7 nitrogen and oxygen atoms in total. The minimum Gasteiger partial charge on any atom is -0.488 e. The Morgan fingerprint density at radius 2 is 1.84 bits per heavy atom. The van der Waals surface area contributed by atoms with Crippen molar-refractivity contribution < 1.29 is 19.1 Å². The maximum absolute atomic E-state index is 12.1. The van der Waals surface area contributed by atoms with Gasteiger partial charge in [-0.3, -0.25) is 4.79 Å². The van der Waals surface area contributed by atoms with Crippen molar-refractivity contribution in [2.24, 2.45) is 0 Å². The van der Waals surface area contributed by atoms with E-state index in [4.69, 9.17) is 9.47 Å². The molecule has 0 unspecified atom stereocenters. The van der Waals surface area contributed by atoms with Crippen molar-refractivity contribution in [3.05, 3.63) is 59.7 Å². The van der Waals surface area contributed by atoms with Gasteiger partial charge in [-0.05, 0) is 25.5 Å². The molecule has 0 bridgehead atoms. The number of ether oxygens (including phenoxy) is 2. The van der Waals surface area contributed by atoms with Crippen LogP contribution in [-0.2, 0) is 17.8 Å². The number of rotatable bonds is 9. The van der Waals surface area contributed by atoms with Crippen LogP contribution in [0, 0.1) is 0 Å². The lowest BCUT2D eigenvalue weighted by molar-refractivity contribution is -0.121. The van der Waals surface area contributed by atoms with Gasteiger partial charge in [-0.25, -0.2) is 4.79 Å². The van der Waals surface area contributed by atoms with Crippen LogP contribution < -0.4 is 20.1 Å². The fraction of sp³-hybridized carbons (Fsp3) is 0.417. The van der Waals surface area contributed by atoms with Gasteiger partial charge in [0.2, 0.25) is 5.91 Å². The number of amides is 3. The first-order valence-corrected chi connectivity index (χ1v) is 10.6. The van der Waals surface area contributed by atoms with Gasteiger partial charge in [-0.15, -0.1) is 0 Å². The quantitative estimate of drug-likeness (QED) is 0.605. The molecule has 0 radical (unpaired) electrons. The number of carbonyl (C=O) groups excluding carboxylic acids is 2. The zero-order chi connectivity index (χ0) is 22.3. The second-order valence-electron chi connectivity index (χ2n) is 8.30. The molecule has 2 N–H and O–H groups in total. The lowest BCUT2D eigenvalue weighted by atomic mass is 10.0. The summed E-state index contributed by atoms with van der Waals surface area (Å²) < 4.78 is 11.8. The largest absolute Gasteiger partial charge is 0.488 e. The summed E-state index contributed by atoms with van der Waals surface area (Å²) in [5, 5.41) is 5.57. The Labute approximate surface area is 183 Å². The summed E-state index contributed by atoms with van der Waals surface area (Å²) in [6, 6.07) is 15.4. The number of nitrogens with one attached hydrogen (secondary N) is 2. The van der Waals surface area contributed by atoms with E-state index in [0.717, 1.165) is 23.3 Å². The van der Waals surface area contributed by atoms with Crippen molar-refractivity contribution in [3.63, 3.8) is 0 Å². The van der Waals surface area contributed by atoms with Gasteiger partial charge in [-0.1, -0.05) is 42.5 Å². The fourth-order valence-corrected chi connectivity index (χ4v) is 3.49. The maximum atomic E-state index is 12.1. The second-order valence-corrected chi connectivity index (χ2v) is 8.30. The molecule has 0 spiro atoms. The Hall–Kier alpha value is -3.22. The van der Waals surface area contributed by atoms with Crippen LogP contribution >= 0.6 is 0 Å². The molecule has 1 aliphatic heterocycles. The summed E-state index contributed by atoms with van der Waals surface area (Å²) in [6.07, 6.45) is 1.06. The van der Waals surface area contributed by atoms with E-state index in [0.29, 0.717) is 25.4 Å². The van der Waals surface area contributed by atoms with Gasteiger partial charge in [0.25, 0.3) is 0 Å². The zero-order valence-electron chi connectivity index (χ0n) is 18.4. The van der Waals surface area contributed by atoms with E-state index in [2.05, 4.69) is 24.5 Å². The Kier molecular flexibility index (Phi) is 7.39. The molecular formula is C24H31N3O4. The smallest absolute Gasteiger partial charge is 0.317 e. The molecule has 0 aromatic heterocycles. The van der Waals surface area contributed by atoms with E-state index in [1.165, 1.54) is 0 Å². The second kappa shape index (κ2) is 10.2. The summed E-state index contributed by atoms with van der Waals surface area (Å²) in [7, 11) is 1.73. The number of fused-ring (bicyclic) bond motifs is 1. The molecule has 166 valence electrons. The average Bonchev–Trinajstić information content (AvgIpc) is 3.06. The summed E-state index contributed by atoms with van der Waals surface area (Å²) in [5.74, 6) is 1.36. The monoisotopic (exact) mass is 425 g/mol. The Morgan fingerprint density at radius 3 is 2.61 bits per heavy atom. The number of para-hydroxylation sites is 1. The molecule has 1 heterocycles. The number of nitrogens with zero attached hydrogens (tertiary/aromatic N) is 1. The first-order chi connectivity index (χ1) is 14.8. The lowest BCUT2D eigenvalue weighted by Crippen LogP contribution is -2.39. The van der Waals surface area contributed by atoms with Crippen LogP contribution in [0.15, 0.2) is 48.5 Å². The number of carbonyl (C=O) groups is 2. The molecular weight excluding hydrogens is 394 g/mol. The van der Waals surface area contributed by atoms with Crippen molar-refractivity contribution in [3.8, 4) is 11.5 Å². The van der Waals surface area contributed by atoms with Crippen LogP contribution in [0.4, 0.5) is 4.79 Å². The van der Waals surface area contributed by atoms with E-state index in [1.54, 1.807) is 11.9 Å². The molecule has 0 saturated heterocycles. The van der Waals surface area contributed by atoms with E-state index in [9.17, 15) is 9.59 Å². The van der Waals surface area contributed by atoms with Crippen LogP contribution in [-0.4, -0.2) is 49.2 Å². The number of benzene rings is 2. The van der Waals surface area contributed by atoms with Gasteiger partial charge >= 0.3 is 6.03 Å². The normalized spacial score (nSPS) is 13.6. The summed E-state index contributed by atoms with van der Waals surface area (Å²) in [6.45, 7) is 5.62.